The molecule has 30 heavy (non-hydrogen) atoms. The van der Waals surface area contributed by atoms with Gasteiger partial charge in [0.05, 0.1) is 27.9 Å². The number of aromatic nitrogens is 2. The van der Waals surface area contributed by atoms with Crippen LogP contribution in [0.3, 0.4) is 0 Å². The predicted octanol–water partition coefficient (Wildman–Crippen LogP) is 2.81. The van der Waals surface area contributed by atoms with E-state index >= 15 is 0 Å². The van der Waals surface area contributed by atoms with Crippen LogP contribution in [0.15, 0.2) is 24.3 Å². The molecule has 1 saturated heterocycles. The molecular weight excluding hydrogens is 386 g/mol. The molecule has 0 aliphatic carbocycles. The van der Waals surface area contributed by atoms with Crippen molar-refractivity contribution in [2.75, 3.05) is 34.4 Å². The van der Waals surface area contributed by atoms with Crippen LogP contribution in [0.4, 0.5) is 0 Å². The largest absolute Gasteiger partial charge is 0.493 e. The molecule has 1 fully saturated rings. The van der Waals surface area contributed by atoms with Crippen LogP contribution in [-0.2, 0) is 4.79 Å². The molecule has 1 amide bonds. The summed E-state index contributed by atoms with van der Waals surface area (Å²) in [5, 5.41) is 0. The number of nitrogens with zero attached hydrogens (tertiary/aromatic N) is 3. The summed E-state index contributed by atoms with van der Waals surface area (Å²) < 4.78 is 21.9. The molecule has 1 aliphatic rings. The van der Waals surface area contributed by atoms with Gasteiger partial charge in [0.2, 0.25) is 11.7 Å². The van der Waals surface area contributed by atoms with Gasteiger partial charge in [0.15, 0.2) is 11.5 Å². The van der Waals surface area contributed by atoms with Crippen molar-refractivity contribution < 1.29 is 23.7 Å². The maximum absolute atomic E-state index is 12.6. The minimum absolute atomic E-state index is 0.0869. The molecule has 2 aromatic rings. The maximum Gasteiger partial charge on any atom is 0.317 e. The number of hydrogen-bond donors (Lipinski definition) is 0. The fourth-order valence-corrected chi connectivity index (χ4v) is 3.39. The number of hydrogen-bond acceptors (Lipinski definition) is 7. The van der Waals surface area contributed by atoms with Gasteiger partial charge < -0.3 is 23.8 Å². The molecule has 1 aromatic carbocycles. The van der Waals surface area contributed by atoms with Crippen LogP contribution in [-0.4, -0.2) is 61.3 Å². The van der Waals surface area contributed by atoms with Crippen molar-refractivity contribution in [2.45, 2.75) is 26.4 Å². The highest BCUT2D eigenvalue weighted by atomic mass is 16.5. The van der Waals surface area contributed by atoms with Crippen molar-refractivity contribution >= 4 is 12.0 Å². The van der Waals surface area contributed by atoms with Gasteiger partial charge in [0.1, 0.15) is 6.10 Å². The van der Waals surface area contributed by atoms with Gasteiger partial charge in [-0.3, -0.25) is 4.79 Å². The third-order valence-electron chi connectivity index (χ3n) is 4.80. The van der Waals surface area contributed by atoms with Crippen LogP contribution in [0.2, 0.25) is 0 Å². The average Bonchev–Trinajstić information content (AvgIpc) is 3.18. The number of carbonyl (C=O) groups excluding carboxylic acids is 1. The van der Waals surface area contributed by atoms with Crippen molar-refractivity contribution in [3.8, 4) is 23.3 Å². The molecule has 1 atom stereocenters. The summed E-state index contributed by atoms with van der Waals surface area (Å²) in [6.45, 7) is 4.92. The Balaban J connectivity index is 1.64. The van der Waals surface area contributed by atoms with E-state index in [-0.39, 0.29) is 12.0 Å². The second-order valence-electron chi connectivity index (χ2n) is 7.04. The third kappa shape index (κ3) is 5.00. The highest BCUT2D eigenvalue weighted by Crippen LogP contribution is 2.38. The standard InChI is InChI=1S/C22H27N3O5/c1-14-10-15(2)24-22(23-14)30-17-8-9-25(13-17)20(26)7-6-16-11-18(27-3)21(29-5)19(12-16)28-4/h6-7,10-12,17H,8-9,13H2,1-5H3/b7-6+. The van der Waals surface area contributed by atoms with Crippen molar-refractivity contribution in [3.63, 3.8) is 0 Å². The van der Waals surface area contributed by atoms with Crippen molar-refractivity contribution in [1.29, 1.82) is 0 Å². The Hall–Kier alpha value is -3.29. The summed E-state index contributed by atoms with van der Waals surface area (Å²) in [6.07, 6.45) is 3.88. The second kappa shape index (κ2) is 9.47. The fourth-order valence-electron chi connectivity index (χ4n) is 3.39. The number of benzene rings is 1. The smallest absolute Gasteiger partial charge is 0.317 e. The number of aryl methyl sites for hydroxylation is 2. The molecule has 0 saturated carbocycles. The van der Waals surface area contributed by atoms with E-state index in [1.807, 2.05) is 19.9 Å². The molecule has 2 heterocycles. The van der Waals surface area contributed by atoms with Crippen LogP contribution in [0.25, 0.3) is 6.08 Å². The maximum atomic E-state index is 12.6. The Morgan fingerprint density at radius 1 is 1.03 bits per heavy atom. The van der Waals surface area contributed by atoms with Crippen LogP contribution in [0, 0.1) is 13.8 Å². The van der Waals surface area contributed by atoms with Crippen molar-refractivity contribution in [1.82, 2.24) is 14.9 Å². The first-order chi connectivity index (χ1) is 14.4. The number of carbonyl (C=O) groups is 1. The Bertz CT molecular complexity index is 899. The third-order valence-corrected chi connectivity index (χ3v) is 4.80. The molecule has 1 aliphatic heterocycles. The SMILES string of the molecule is COc1cc(/C=C/C(=O)N2CCC(Oc3nc(C)cc(C)n3)C2)cc(OC)c1OC. The molecule has 3 rings (SSSR count). The van der Waals surface area contributed by atoms with Crippen LogP contribution in [0.1, 0.15) is 23.4 Å². The van der Waals surface area contributed by atoms with Gasteiger partial charge in [0, 0.05) is 30.4 Å². The lowest BCUT2D eigenvalue weighted by Crippen LogP contribution is -2.29. The number of ether oxygens (including phenoxy) is 4. The zero-order valence-corrected chi connectivity index (χ0v) is 18.0. The lowest BCUT2D eigenvalue weighted by Gasteiger charge is -2.15. The number of methoxy groups -OCH3 is 3. The second-order valence-corrected chi connectivity index (χ2v) is 7.04. The Labute approximate surface area is 176 Å². The van der Waals surface area contributed by atoms with Crippen molar-refractivity contribution in [2.24, 2.45) is 0 Å². The van der Waals surface area contributed by atoms with Gasteiger partial charge >= 0.3 is 6.01 Å². The van der Waals surface area contributed by atoms with Crippen LogP contribution < -0.4 is 18.9 Å². The highest BCUT2D eigenvalue weighted by Gasteiger charge is 2.27. The van der Waals surface area contributed by atoms with Gasteiger partial charge in [-0.05, 0) is 43.7 Å². The quantitative estimate of drug-likeness (QED) is 0.646. The summed E-state index contributed by atoms with van der Waals surface area (Å²) in [5.74, 6) is 1.49. The molecule has 8 heteroatoms. The molecule has 0 N–H and O–H groups in total. The van der Waals surface area contributed by atoms with E-state index in [1.54, 1.807) is 44.4 Å². The van der Waals surface area contributed by atoms with Gasteiger partial charge in [0.25, 0.3) is 0 Å². The summed E-state index contributed by atoms with van der Waals surface area (Å²) in [5.41, 5.74) is 2.49. The molecule has 1 aromatic heterocycles. The Morgan fingerprint density at radius 2 is 1.67 bits per heavy atom. The lowest BCUT2D eigenvalue weighted by atomic mass is 10.1. The highest BCUT2D eigenvalue weighted by molar-refractivity contribution is 5.92. The van der Waals surface area contributed by atoms with E-state index in [4.69, 9.17) is 18.9 Å². The minimum atomic E-state index is -0.121. The molecule has 160 valence electrons. The lowest BCUT2D eigenvalue weighted by molar-refractivity contribution is -0.125. The van der Waals surface area contributed by atoms with Gasteiger partial charge in [-0.15, -0.1) is 0 Å². The Morgan fingerprint density at radius 3 is 2.23 bits per heavy atom. The minimum Gasteiger partial charge on any atom is -0.493 e. The monoisotopic (exact) mass is 413 g/mol. The first-order valence-corrected chi connectivity index (χ1v) is 9.69. The van der Waals surface area contributed by atoms with E-state index in [0.29, 0.717) is 36.3 Å². The van der Waals surface area contributed by atoms with Crippen LogP contribution >= 0.6 is 0 Å². The average molecular weight is 413 g/mol. The molecule has 0 bridgehead atoms. The van der Waals surface area contributed by atoms with Gasteiger partial charge in [-0.2, -0.15) is 0 Å². The summed E-state index contributed by atoms with van der Waals surface area (Å²) in [6, 6.07) is 5.84. The number of likely N-dealkylation sites (tertiary alicyclic amines) is 1. The fraction of sp³-hybridized carbons (Fsp3) is 0.409. The normalized spacial score (nSPS) is 16.0. The van der Waals surface area contributed by atoms with E-state index in [9.17, 15) is 4.79 Å². The molecular formula is C22H27N3O5. The molecule has 1 unspecified atom stereocenters. The van der Waals surface area contributed by atoms with Gasteiger partial charge in [-0.25, -0.2) is 9.97 Å². The summed E-state index contributed by atoms with van der Waals surface area (Å²) in [7, 11) is 4.66. The predicted molar refractivity (Wildman–Crippen MR) is 112 cm³/mol. The zero-order chi connectivity index (χ0) is 21.7. The molecule has 8 nitrogen and oxygen atoms in total. The molecule has 0 radical (unpaired) electrons. The molecule has 0 spiro atoms. The topological polar surface area (TPSA) is 83.0 Å². The first kappa shape index (κ1) is 21.4. The number of amides is 1. The Kier molecular flexibility index (Phi) is 6.76. The van der Waals surface area contributed by atoms with E-state index < -0.39 is 0 Å². The van der Waals surface area contributed by atoms with E-state index in [0.717, 1.165) is 23.4 Å². The zero-order valence-electron chi connectivity index (χ0n) is 18.0. The first-order valence-electron chi connectivity index (χ1n) is 9.69. The van der Waals surface area contributed by atoms with E-state index in [1.165, 1.54) is 6.08 Å². The van der Waals surface area contributed by atoms with Crippen molar-refractivity contribution in [3.05, 3.63) is 41.2 Å². The summed E-state index contributed by atoms with van der Waals surface area (Å²) in [4.78, 5) is 23.0. The summed E-state index contributed by atoms with van der Waals surface area (Å²) >= 11 is 0. The van der Waals surface area contributed by atoms with E-state index in [2.05, 4.69) is 9.97 Å². The van der Waals surface area contributed by atoms with Crippen LogP contribution in [0.5, 0.6) is 23.3 Å². The van der Waals surface area contributed by atoms with Gasteiger partial charge in [-0.1, -0.05) is 0 Å². The number of rotatable bonds is 7.